The SMILES string of the molecule is O=C(CNC(=O)c1ccccn1)N[C@H](c1cc2ccccc2o1)C1CC1. The lowest BCUT2D eigenvalue weighted by Crippen LogP contribution is -2.39. The number of fused-ring (bicyclic) bond motifs is 1. The van der Waals surface area contributed by atoms with Crippen LogP contribution in [0.1, 0.15) is 35.1 Å². The smallest absolute Gasteiger partial charge is 0.270 e. The maximum Gasteiger partial charge on any atom is 0.270 e. The van der Waals surface area contributed by atoms with Crippen molar-refractivity contribution < 1.29 is 14.0 Å². The Bertz CT molecular complexity index is 899. The van der Waals surface area contributed by atoms with Crippen LogP contribution in [0.2, 0.25) is 0 Å². The van der Waals surface area contributed by atoms with Crippen LogP contribution in [0.4, 0.5) is 0 Å². The number of hydrogen-bond acceptors (Lipinski definition) is 4. The fraction of sp³-hybridized carbons (Fsp3) is 0.250. The quantitative estimate of drug-likeness (QED) is 0.717. The van der Waals surface area contributed by atoms with Crippen molar-refractivity contribution in [2.45, 2.75) is 18.9 Å². The molecule has 132 valence electrons. The Morgan fingerprint density at radius 2 is 1.96 bits per heavy atom. The predicted octanol–water partition coefficient (Wildman–Crippen LogP) is 2.83. The summed E-state index contributed by atoms with van der Waals surface area (Å²) in [7, 11) is 0. The molecule has 0 saturated heterocycles. The first-order valence-corrected chi connectivity index (χ1v) is 8.68. The number of amides is 2. The van der Waals surface area contributed by atoms with Gasteiger partial charge >= 0.3 is 0 Å². The van der Waals surface area contributed by atoms with Crippen molar-refractivity contribution >= 4 is 22.8 Å². The van der Waals surface area contributed by atoms with Gasteiger partial charge in [0.15, 0.2) is 0 Å². The molecule has 0 spiro atoms. The molecule has 0 radical (unpaired) electrons. The molecule has 2 N–H and O–H groups in total. The standard InChI is InChI=1S/C20H19N3O3/c24-18(12-22-20(25)15-6-3-4-10-21-15)23-19(13-8-9-13)17-11-14-5-1-2-7-16(14)26-17/h1-7,10-11,13,19H,8-9,12H2,(H,22,25)(H,23,24)/t19-/m0/s1. The van der Waals surface area contributed by atoms with Crippen LogP contribution in [0, 0.1) is 5.92 Å². The first-order chi connectivity index (χ1) is 12.7. The van der Waals surface area contributed by atoms with Crippen LogP contribution in [0.15, 0.2) is 59.1 Å². The molecule has 4 rings (SSSR count). The summed E-state index contributed by atoms with van der Waals surface area (Å²) in [6, 6.07) is 14.7. The fourth-order valence-corrected chi connectivity index (χ4v) is 2.98. The zero-order chi connectivity index (χ0) is 17.9. The minimum Gasteiger partial charge on any atom is -0.459 e. The highest BCUT2D eigenvalue weighted by Gasteiger charge is 2.35. The van der Waals surface area contributed by atoms with Crippen molar-refractivity contribution in [3.8, 4) is 0 Å². The summed E-state index contributed by atoms with van der Waals surface area (Å²) >= 11 is 0. The van der Waals surface area contributed by atoms with Gasteiger partial charge in [-0.05, 0) is 43.0 Å². The van der Waals surface area contributed by atoms with E-state index in [9.17, 15) is 9.59 Å². The molecule has 2 aromatic heterocycles. The van der Waals surface area contributed by atoms with E-state index < -0.39 is 0 Å². The molecule has 1 aliphatic rings. The Hall–Kier alpha value is -3.15. The number of carbonyl (C=O) groups is 2. The molecular formula is C20H19N3O3. The van der Waals surface area contributed by atoms with Crippen molar-refractivity contribution in [3.63, 3.8) is 0 Å². The predicted molar refractivity (Wildman–Crippen MR) is 96.4 cm³/mol. The lowest BCUT2D eigenvalue weighted by Gasteiger charge is -2.16. The molecule has 1 aromatic carbocycles. The normalized spacial score (nSPS) is 14.8. The van der Waals surface area contributed by atoms with Crippen molar-refractivity contribution in [1.82, 2.24) is 15.6 Å². The minimum atomic E-state index is -0.368. The number of nitrogens with zero attached hydrogens (tertiary/aromatic N) is 1. The van der Waals surface area contributed by atoms with Crippen molar-refractivity contribution in [2.75, 3.05) is 6.54 Å². The number of aromatic nitrogens is 1. The van der Waals surface area contributed by atoms with Crippen LogP contribution in [-0.2, 0) is 4.79 Å². The second-order valence-electron chi connectivity index (χ2n) is 6.47. The van der Waals surface area contributed by atoms with E-state index >= 15 is 0 Å². The highest BCUT2D eigenvalue weighted by atomic mass is 16.3. The molecule has 2 heterocycles. The van der Waals surface area contributed by atoms with E-state index in [-0.39, 0.29) is 30.1 Å². The molecule has 6 heteroatoms. The summed E-state index contributed by atoms with van der Waals surface area (Å²) in [4.78, 5) is 28.3. The van der Waals surface area contributed by atoms with Gasteiger partial charge in [-0.25, -0.2) is 0 Å². The number of rotatable bonds is 6. The highest BCUT2D eigenvalue weighted by molar-refractivity contribution is 5.94. The monoisotopic (exact) mass is 349 g/mol. The van der Waals surface area contributed by atoms with Gasteiger partial charge in [0.25, 0.3) is 5.91 Å². The van der Waals surface area contributed by atoms with Gasteiger partial charge in [0.05, 0.1) is 12.6 Å². The van der Waals surface area contributed by atoms with Crippen LogP contribution in [0.25, 0.3) is 11.0 Å². The number of carbonyl (C=O) groups excluding carboxylic acids is 2. The topological polar surface area (TPSA) is 84.2 Å². The third-order valence-corrected chi connectivity index (χ3v) is 4.47. The van der Waals surface area contributed by atoms with Gasteiger partial charge in [-0.15, -0.1) is 0 Å². The molecule has 0 aliphatic heterocycles. The molecule has 6 nitrogen and oxygen atoms in total. The van der Waals surface area contributed by atoms with E-state index in [1.807, 2.05) is 30.3 Å². The number of hydrogen-bond donors (Lipinski definition) is 2. The average Bonchev–Trinajstić information content (AvgIpc) is 3.42. The maximum atomic E-state index is 12.3. The fourth-order valence-electron chi connectivity index (χ4n) is 2.98. The third-order valence-electron chi connectivity index (χ3n) is 4.47. The van der Waals surface area contributed by atoms with Crippen LogP contribution in [0.3, 0.4) is 0 Å². The number of para-hydroxylation sites is 1. The Balaban J connectivity index is 1.40. The first kappa shape index (κ1) is 16.3. The van der Waals surface area contributed by atoms with E-state index in [1.54, 1.807) is 24.4 Å². The molecule has 0 unspecified atom stereocenters. The zero-order valence-corrected chi connectivity index (χ0v) is 14.1. The first-order valence-electron chi connectivity index (χ1n) is 8.68. The lowest BCUT2D eigenvalue weighted by atomic mass is 10.1. The highest BCUT2D eigenvalue weighted by Crippen LogP contribution is 2.42. The molecule has 1 aliphatic carbocycles. The van der Waals surface area contributed by atoms with Gasteiger partial charge in [-0.2, -0.15) is 0 Å². The average molecular weight is 349 g/mol. The molecule has 2 amide bonds. The minimum absolute atomic E-state index is 0.0984. The summed E-state index contributed by atoms with van der Waals surface area (Å²) < 4.78 is 5.92. The molecule has 1 saturated carbocycles. The van der Waals surface area contributed by atoms with Gasteiger partial charge in [-0.1, -0.05) is 24.3 Å². The molecule has 0 bridgehead atoms. The summed E-state index contributed by atoms with van der Waals surface area (Å²) in [5.74, 6) is 0.531. The summed E-state index contributed by atoms with van der Waals surface area (Å²) in [6.45, 7) is -0.0984. The molecule has 3 aromatic rings. The Labute approximate surface area is 150 Å². The lowest BCUT2D eigenvalue weighted by molar-refractivity contribution is -0.121. The second-order valence-corrected chi connectivity index (χ2v) is 6.47. The van der Waals surface area contributed by atoms with E-state index in [0.29, 0.717) is 5.92 Å². The number of nitrogens with one attached hydrogen (secondary N) is 2. The van der Waals surface area contributed by atoms with Crippen molar-refractivity contribution in [3.05, 3.63) is 66.2 Å². The molecule has 1 fully saturated rings. The van der Waals surface area contributed by atoms with E-state index in [0.717, 1.165) is 29.6 Å². The Morgan fingerprint density at radius 3 is 2.69 bits per heavy atom. The van der Waals surface area contributed by atoms with Crippen molar-refractivity contribution in [2.24, 2.45) is 5.92 Å². The summed E-state index contributed by atoms with van der Waals surface area (Å²) in [5, 5.41) is 6.61. The van der Waals surface area contributed by atoms with Crippen LogP contribution < -0.4 is 10.6 Å². The molecule has 26 heavy (non-hydrogen) atoms. The van der Waals surface area contributed by atoms with Crippen LogP contribution in [-0.4, -0.2) is 23.3 Å². The third kappa shape index (κ3) is 3.59. The van der Waals surface area contributed by atoms with Crippen LogP contribution >= 0.6 is 0 Å². The van der Waals surface area contributed by atoms with E-state index in [2.05, 4.69) is 15.6 Å². The van der Waals surface area contributed by atoms with E-state index in [1.165, 1.54) is 0 Å². The number of pyridine rings is 1. The van der Waals surface area contributed by atoms with Crippen LogP contribution in [0.5, 0.6) is 0 Å². The van der Waals surface area contributed by atoms with Gasteiger partial charge in [0.2, 0.25) is 5.91 Å². The van der Waals surface area contributed by atoms with Gasteiger partial charge in [0.1, 0.15) is 17.0 Å². The summed E-state index contributed by atoms with van der Waals surface area (Å²) in [6.07, 6.45) is 3.66. The maximum absolute atomic E-state index is 12.3. The zero-order valence-electron chi connectivity index (χ0n) is 14.1. The largest absolute Gasteiger partial charge is 0.459 e. The van der Waals surface area contributed by atoms with Gasteiger partial charge in [0, 0.05) is 11.6 Å². The Kier molecular flexibility index (Phi) is 4.39. The Morgan fingerprint density at radius 1 is 1.15 bits per heavy atom. The molecular weight excluding hydrogens is 330 g/mol. The number of benzene rings is 1. The van der Waals surface area contributed by atoms with Crippen molar-refractivity contribution in [1.29, 1.82) is 0 Å². The number of furan rings is 1. The van der Waals surface area contributed by atoms with Gasteiger partial charge < -0.3 is 15.1 Å². The summed E-state index contributed by atoms with van der Waals surface area (Å²) in [5.41, 5.74) is 1.10. The van der Waals surface area contributed by atoms with Gasteiger partial charge in [-0.3, -0.25) is 14.6 Å². The van der Waals surface area contributed by atoms with E-state index in [4.69, 9.17) is 4.42 Å². The second kappa shape index (κ2) is 7.00. The molecule has 1 atom stereocenters.